The lowest BCUT2D eigenvalue weighted by atomic mass is 9.88. The summed E-state index contributed by atoms with van der Waals surface area (Å²) in [5.41, 5.74) is 2.84. The van der Waals surface area contributed by atoms with Crippen LogP contribution in [0.15, 0.2) is 60.7 Å². The molecule has 0 aromatic heterocycles. The molecule has 0 N–H and O–H groups in total. The van der Waals surface area contributed by atoms with Crippen molar-refractivity contribution in [1.82, 2.24) is 0 Å². The van der Waals surface area contributed by atoms with Crippen molar-refractivity contribution < 1.29 is 21.7 Å². The maximum Gasteiger partial charge on any atom is 0.673 e. The predicted octanol–water partition coefficient (Wildman–Crippen LogP) is 5.21. The monoisotopic (exact) mass is 341 g/mol. The van der Waals surface area contributed by atoms with Gasteiger partial charge in [0.2, 0.25) is 0 Å². The minimum Gasteiger partial charge on any atom is -0.418 e. The van der Waals surface area contributed by atoms with Gasteiger partial charge in [-0.2, -0.15) is 0 Å². The zero-order chi connectivity index (χ0) is 18.2. The number of halogens is 4. The first-order valence-electron chi connectivity index (χ1n) is 7.84. The highest BCUT2D eigenvalue weighted by Gasteiger charge is 2.20. The zero-order valence-electron chi connectivity index (χ0n) is 14.3. The molecule has 0 fully saturated rings. The first kappa shape index (κ1) is 20.2. The van der Waals surface area contributed by atoms with E-state index in [1.54, 1.807) is 0 Å². The summed E-state index contributed by atoms with van der Waals surface area (Å²) in [7, 11) is 0.771. The Labute approximate surface area is 141 Å². The third-order valence-corrected chi connectivity index (χ3v) is 3.49. The summed E-state index contributed by atoms with van der Waals surface area (Å²) in [6, 6.07) is 21.7. The molecule has 2 rings (SSSR count). The van der Waals surface area contributed by atoms with Gasteiger partial charge in [-0.05, 0) is 11.1 Å². The fourth-order valence-electron chi connectivity index (χ4n) is 2.41. The summed E-state index contributed by atoms with van der Waals surface area (Å²) < 4.78 is 40.0. The molecular weight excluding hydrogens is 317 g/mol. The molecule has 0 bridgehead atoms. The van der Waals surface area contributed by atoms with Gasteiger partial charge >= 0.3 is 7.25 Å². The van der Waals surface area contributed by atoms with E-state index in [0.717, 1.165) is 4.48 Å². The van der Waals surface area contributed by atoms with Gasteiger partial charge in [0.15, 0.2) is 0 Å². The highest BCUT2D eigenvalue weighted by atomic mass is 19.5. The molecule has 0 aliphatic heterocycles. The molecule has 0 amide bonds. The summed E-state index contributed by atoms with van der Waals surface area (Å²) in [5, 5.41) is 0. The van der Waals surface area contributed by atoms with Crippen LogP contribution in [-0.2, 0) is 0 Å². The van der Waals surface area contributed by atoms with Gasteiger partial charge < -0.3 is 21.7 Å². The van der Waals surface area contributed by atoms with Crippen LogP contribution in [0.25, 0.3) is 0 Å². The molecule has 0 spiro atoms. The quantitative estimate of drug-likeness (QED) is 0.398. The number of nitrogens with zero attached hydrogens (tertiary/aromatic N) is 1. The highest BCUT2D eigenvalue weighted by Crippen LogP contribution is 2.28. The van der Waals surface area contributed by atoms with Crippen molar-refractivity contribution in [1.29, 1.82) is 0 Å². The Hall–Kier alpha value is -1.82. The largest absolute Gasteiger partial charge is 0.673 e. The SMILES string of the molecule is C[N+](C)(C)CCC(c1ccccc1)c1ccccc1.F[B-](F)(F)F. The standard InChI is InChI=1S/C18H24N.BF4/c1-19(2,3)15-14-18(16-10-6-4-7-11-16)17-12-8-5-9-13-17;2-1(3,4)5/h4-13,18H,14-15H2,1-3H3;/q+1;-1. The fourth-order valence-corrected chi connectivity index (χ4v) is 2.41. The average molecular weight is 341 g/mol. The normalized spacial score (nSPS) is 11.8. The maximum atomic E-state index is 9.75. The molecule has 6 heteroatoms. The lowest BCUT2D eigenvalue weighted by molar-refractivity contribution is -0.870. The minimum absolute atomic E-state index is 0.500. The van der Waals surface area contributed by atoms with Gasteiger partial charge in [-0.1, -0.05) is 60.7 Å². The third kappa shape index (κ3) is 9.35. The summed E-state index contributed by atoms with van der Waals surface area (Å²) >= 11 is 0. The Morgan fingerprint density at radius 3 is 1.38 bits per heavy atom. The van der Waals surface area contributed by atoms with E-state index >= 15 is 0 Å². The van der Waals surface area contributed by atoms with Crippen molar-refractivity contribution in [3.05, 3.63) is 71.8 Å². The molecule has 2 aromatic rings. The Morgan fingerprint density at radius 2 is 1.08 bits per heavy atom. The molecule has 2 aromatic carbocycles. The van der Waals surface area contributed by atoms with Gasteiger partial charge in [-0.3, -0.25) is 0 Å². The Kier molecular flexibility index (Phi) is 7.48. The van der Waals surface area contributed by atoms with Crippen molar-refractivity contribution in [3.8, 4) is 0 Å². The van der Waals surface area contributed by atoms with Gasteiger partial charge in [-0.25, -0.2) is 0 Å². The van der Waals surface area contributed by atoms with Crippen molar-refractivity contribution in [3.63, 3.8) is 0 Å². The second-order valence-corrected chi connectivity index (χ2v) is 6.67. The van der Waals surface area contributed by atoms with Crippen LogP contribution in [0.1, 0.15) is 23.5 Å². The third-order valence-electron chi connectivity index (χ3n) is 3.49. The highest BCUT2D eigenvalue weighted by molar-refractivity contribution is 6.50. The van der Waals surface area contributed by atoms with Crippen LogP contribution in [-0.4, -0.2) is 39.4 Å². The maximum absolute atomic E-state index is 9.75. The van der Waals surface area contributed by atoms with Crippen molar-refractivity contribution >= 4 is 7.25 Å². The molecule has 0 heterocycles. The van der Waals surface area contributed by atoms with Gasteiger partial charge in [0.25, 0.3) is 0 Å². The molecule has 0 atom stereocenters. The Balaban J connectivity index is 0.000000505. The van der Waals surface area contributed by atoms with Crippen LogP contribution in [0.3, 0.4) is 0 Å². The number of quaternary nitrogens is 1. The molecule has 0 saturated carbocycles. The molecule has 0 radical (unpaired) electrons. The van der Waals surface area contributed by atoms with Crippen LogP contribution < -0.4 is 0 Å². The van der Waals surface area contributed by atoms with E-state index in [4.69, 9.17) is 0 Å². The van der Waals surface area contributed by atoms with Crippen LogP contribution in [0, 0.1) is 0 Å². The van der Waals surface area contributed by atoms with Gasteiger partial charge in [0, 0.05) is 12.3 Å². The van der Waals surface area contributed by atoms with E-state index in [-0.39, 0.29) is 0 Å². The Bertz CT molecular complexity index is 534. The number of benzene rings is 2. The van der Waals surface area contributed by atoms with Crippen LogP contribution >= 0.6 is 0 Å². The molecule has 0 unspecified atom stereocenters. The minimum atomic E-state index is -6.00. The lowest BCUT2D eigenvalue weighted by Crippen LogP contribution is -2.36. The predicted molar refractivity (Wildman–Crippen MR) is 92.4 cm³/mol. The van der Waals surface area contributed by atoms with E-state index in [1.165, 1.54) is 24.1 Å². The summed E-state index contributed by atoms with van der Waals surface area (Å²) in [5.74, 6) is 0.500. The van der Waals surface area contributed by atoms with E-state index in [1.807, 2.05) is 0 Å². The van der Waals surface area contributed by atoms with Crippen LogP contribution in [0.5, 0.6) is 0 Å². The lowest BCUT2D eigenvalue weighted by Gasteiger charge is -2.27. The molecule has 24 heavy (non-hydrogen) atoms. The van der Waals surface area contributed by atoms with Crippen molar-refractivity contribution in [2.24, 2.45) is 0 Å². The van der Waals surface area contributed by atoms with Crippen LogP contribution in [0.4, 0.5) is 17.3 Å². The fraction of sp³-hybridized carbons (Fsp3) is 0.333. The summed E-state index contributed by atoms with van der Waals surface area (Å²) in [6.07, 6.45) is 1.18. The van der Waals surface area contributed by atoms with E-state index in [2.05, 4.69) is 81.8 Å². The average Bonchev–Trinajstić information content (AvgIpc) is 2.47. The van der Waals surface area contributed by atoms with Gasteiger partial charge in [0.1, 0.15) is 0 Å². The summed E-state index contributed by atoms with van der Waals surface area (Å²) in [6.45, 7) is 1.18. The second-order valence-electron chi connectivity index (χ2n) is 6.67. The molecule has 1 nitrogen and oxygen atoms in total. The molecule has 0 saturated heterocycles. The summed E-state index contributed by atoms with van der Waals surface area (Å²) in [4.78, 5) is 0. The molecule has 0 aliphatic carbocycles. The Morgan fingerprint density at radius 1 is 0.750 bits per heavy atom. The van der Waals surface area contributed by atoms with Gasteiger partial charge in [-0.15, -0.1) is 0 Å². The molecular formula is C18H24BF4N. The first-order chi connectivity index (χ1) is 11.1. The molecule has 0 aliphatic rings. The van der Waals surface area contributed by atoms with E-state index in [0.29, 0.717) is 5.92 Å². The van der Waals surface area contributed by atoms with E-state index < -0.39 is 7.25 Å². The van der Waals surface area contributed by atoms with E-state index in [9.17, 15) is 17.3 Å². The van der Waals surface area contributed by atoms with Crippen molar-refractivity contribution in [2.45, 2.75) is 12.3 Å². The number of hydrogen-bond acceptors (Lipinski definition) is 0. The van der Waals surface area contributed by atoms with Crippen molar-refractivity contribution in [2.75, 3.05) is 27.7 Å². The first-order valence-corrected chi connectivity index (χ1v) is 7.84. The zero-order valence-corrected chi connectivity index (χ0v) is 14.3. The molecule has 132 valence electrons. The van der Waals surface area contributed by atoms with Crippen LogP contribution in [0.2, 0.25) is 0 Å². The number of rotatable bonds is 5. The number of hydrogen-bond donors (Lipinski definition) is 0. The second kappa shape index (κ2) is 8.88. The smallest absolute Gasteiger partial charge is 0.418 e. The topological polar surface area (TPSA) is 0 Å². The van der Waals surface area contributed by atoms with Gasteiger partial charge in [0.05, 0.1) is 27.7 Å².